The summed E-state index contributed by atoms with van der Waals surface area (Å²) in [5.74, 6) is 0.203. The molecule has 0 saturated carbocycles. The Morgan fingerprint density at radius 1 is 1.33 bits per heavy atom. The molecule has 1 fully saturated rings. The van der Waals surface area contributed by atoms with E-state index in [1.54, 1.807) is 6.07 Å². The highest BCUT2D eigenvalue weighted by molar-refractivity contribution is 7.89. The summed E-state index contributed by atoms with van der Waals surface area (Å²) in [5.41, 5.74) is 0.560. The number of piperidine rings is 1. The molecule has 2 unspecified atom stereocenters. The van der Waals surface area contributed by atoms with Crippen molar-refractivity contribution in [1.29, 1.82) is 0 Å². The molecule has 6 nitrogen and oxygen atoms in total. The number of rotatable bonds is 4. The van der Waals surface area contributed by atoms with Crippen LogP contribution in [0.4, 0.5) is 4.39 Å². The molecule has 0 amide bonds. The molecular formula is C13H19FN2O4S. The minimum atomic E-state index is -4.03. The monoisotopic (exact) mass is 318 g/mol. The van der Waals surface area contributed by atoms with Gasteiger partial charge in [-0.1, -0.05) is 0 Å². The maximum Gasteiger partial charge on any atom is 0.245 e. The molecule has 1 aliphatic heterocycles. The zero-order valence-electron chi connectivity index (χ0n) is 11.9. The number of benzene rings is 1. The predicted molar refractivity (Wildman–Crippen MR) is 75.8 cm³/mol. The highest BCUT2D eigenvalue weighted by atomic mass is 32.2. The van der Waals surface area contributed by atoms with Gasteiger partial charge in [-0.25, -0.2) is 17.9 Å². The number of ether oxygens (including phenoxy) is 2. The molecule has 2 atom stereocenters. The molecule has 0 bridgehead atoms. The quantitative estimate of drug-likeness (QED) is 0.868. The zero-order chi connectivity index (χ0) is 15.6. The van der Waals surface area contributed by atoms with Crippen LogP contribution in [-0.4, -0.2) is 35.4 Å². The van der Waals surface area contributed by atoms with E-state index in [1.807, 2.05) is 0 Å². The molecule has 1 saturated heterocycles. The number of sulfonamides is 1. The van der Waals surface area contributed by atoms with E-state index in [1.165, 1.54) is 20.3 Å². The summed E-state index contributed by atoms with van der Waals surface area (Å²) >= 11 is 0. The third-order valence-electron chi connectivity index (χ3n) is 3.53. The molecule has 2 rings (SSSR count). The van der Waals surface area contributed by atoms with Gasteiger partial charge in [-0.15, -0.1) is 0 Å². The largest absolute Gasteiger partial charge is 0.495 e. The van der Waals surface area contributed by atoms with Gasteiger partial charge in [-0.05, 0) is 31.5 Å². The fraction of sp³-hybridized carbons (Fsp3) is 0.538. The Labute approximate surface area is 123 Å². The van der Waals surface area contributed by atoms with Crippen LogP contribution in [0.5, 0.6) is 11.5 Å². The molecule has 118 valence electrons. The Balaban J connectivity index is 2.57. The second-order valence-corrected chi connectivity index (χ2v) is 6.39. The molecule has 0 aromatic heterocycles. The highest BCUT2D eigenvalue weighted by Crippen LogP contribution is 2.40. The van der Waals surface area contributed by atoms with Gasteiger partial charge in [0.1, 0.15) is 17.7 Å². The van der Waals surface area contributed by atoms with E-state index in [0.29, 0.717) is 18.5 Å². The maximum absolute atomic E-state index is 13.6. The van der Waals surface area contributed by atoms with Crippen molar-refractivity contribution < 1.29 is 22.3 Å². The van der Waals surface area contributed by atoms with E-state index in [2.05, 4.69) is 5.32 Å². The minimum Gasteiger partial charge on any atom is -0.495 e. The fourth-order valence-electron chi connectivity index (χ4n) is 2.58. The van der Waals surface area contributed by atoms with Gasteiger partial charge in [0.2, 0.25) is 10.0 Å². The van der Waals surface area contributed by atoms with Gasteiger partial charge in [0.25, 0.3) is 0 Å². The number of alkyl halides is 1. The Morgan fingerprint density at radius 2 is 2.05 bits per heavy atom. The maximum atomic E-state index is 13.6. The van der Waals surface area contributed by atoms with Gasteiger partial charge in [0, 0.05) is 11.6 Å². The summed E-state index contributed by atoms with van der Waals surface area (Å²) in [6, 6.07) is 2.85. The van der Waals surface area contributed by atoms with Crippen molar-refractivity contribution >= 4 is 10.0 Å². The predicted octanol–water partition coefficient (Wildman–Crippen LogP) is 1.11. The second kappa shape index (κ2) is 6.17. The first-order valence-electron chi connectivity index (χ1n) is 6.53. The van der Waals surface area contributed by atoms with Crippen LogP contribution in [0, 0.1) is 0 Å². The van der Waals surface area contributed by atoms with E-state index in [-0.39, 0.29) is 28.9 Å². The summed E-state index contributed by atoms with van der Waals surface area (Å²) in [4.78, 5) is -0.215. The lowest BCUT2D eigenvalue weighted by Gasteiger charge is -2.28. The average molecular weight is 318 g/mol. The molecule has 0 aliphatic carbocycles. The molecule has 1 aliphatic rings. The topological polar surface area (TPSA) is 90.7 Å². The number of halogens is 1. The Hall–Kier alpha value is -1.38. The van der Waals surface area contributed by atoms with Gasteiger partial charge in [0.15, 0.2) is 4.90 Å². The van der Waals surface area contributed by atoms with Crippen LogP contribution in [0.3, 0.4) is 0 Å². The third-order valence-corrected chi connectivity index (χ3v) is 4.49. The van der Waals surface area contributed by atoms with E-state index in [0.717, 1.165) is 0 Å². The summed E-state index contributed by atoms with van der Waals surface area (Å²) in [5, 5.41) is 8.41. The minimum absolute atomic E-state index is 0.100. The Bertz CT molecular complexity index is 621. The van der Waals surface area contributed by atoms with Crippen molar-refractivity contribution in [3.63, 3.8) is 0 Å². The fourth-order valence-corrected chi connectivity index (χ4v) is 3.47. The number of hydrogen-bond donors (Lipinski definition) is 2. The first-order valence-corrected chi connectivity index (χ1v) is 8.08. The lowest BCUT2D eigenvalue weighted by atomic mass is 9.95. The number of hydrogen-bond acceptors (Lipinski definition) is 5. The number of nitrogens with two attached hydrogens (primary N) is 1. The van der Waals surface area contributed by atoms with Gasteiger partial charge in [-0.3, -0.25) is 0 Å². The molecular weight excluding hydrogens is 299 g/mol. The average Bonchev–Trinajstić information content (AvgIpc) is 2.44. The Kier molecular flexibility index (Phi) is 4.70. The van der Waals surface area contributed by atoms with E-state index < -0.39 is 16.2 Å². The van der Waals surface area contributed by atoms with Gasteiger partial charge < -0.3 is 14.8 Å². The summed E-state index contributed by atoms with van der Waals surface area (Å²) in [6.45, 7) is 0.520. The molecule has 0 spiro atoms. The van der Waals surface area contributed by atoms with Crippen molar-refractivity contribution in [3.8, 4) is 11.5 Å². The van der Waals surface area contributed by atoms with Crippen molar-refractivity contribution in [2.24, 2.45) is 5.14 Å². The normalized spacial score (nSPS) is 22.9. The van der Waals surface area contributed by atoms with Crippen LogP contribution in [-0.2, 0) is 10.0 Å². The van der Waals surface area contributed by atoms with Crippen molar-refractivity contribution in [2.45, 2.75) is 30.0 Å². The van der Waals surface area contributed by atoms with Crippen LogP contribution in [0.25, 0.3) is 0 Å². The number of methoxy groups -OCH3 is 2. The lowest BCUT2D eigenvalue weighted by Crippen LogP contribution is -2.33. The first kappa shape index (κ1) is 16.0. The molecule has 0 radical (unpaired) electrons. The SMILES string of the molecule is COc1ccc(C2CC(F)CCN2)c(OC)c1S(N)(=O)=O. The van der Waals surface area contributed by atoms with E-state index in [9.17, 15) is 12.8 Å². The summed E-state index contributed by atoms with van der Waals surface area (Å²) in [7, 11) is -1.34. The van der Waals surface area contributed by atoms with Crippen LogP contribution in [0.1, 0.15) is 24.4 Å². The van der Waals surface area contributed by atoms with Crippen LogP contribution >= 0.6 is 0 Å². The molecule has 1 heterocycles. The molecule has 1 aromatic rings. The highest BCUT2D eigenvalue weighted by Gasteiger charge is 2.30. The second-order valence-electron chi connectivity index (χ2n) is 4.89. The third kappa shape index (κ3) is 3.28. The van der Waals surface area contributed by atoms with Gasteiger partial charge in [-0.2, -0.15) is 0 Å². The Morgan fingerprint density at radius 3 is 2.57 bits per heavy atom. The smallest absolute Gasteiger partial charge is 0.245 e. The van der Waals surface area contributed by atoms with Crippen molar-refractivity contribution in [2.75, 3.05) is 20.8 Å². The van der Waals surface area contributed by atoms with E-state index >= 15 is 0 Å². The van der Waals surface area contributed by atoms with Crippen molar-refractivity contribution in [1.82, 2.24) is 5.32 Å². The molecule has 1 aromatic carbocycles. The van der Waals surface area contributed by atoms with Crippen LogP contribution in [0.15, 0.2) is 17.0 Å². The van der Waals surface area contributed by atoms with E-state index in [4.69, 9.17) is 14.6 Å². The summed E-state index contributed by atoms with van der Waals surface area (Å²) in [6.07, 6.45) is -0.231. The van der Waals surface area contributed by atoms with Crippen molar-refractivity contribution in [3.05, 3.63) is 17.7 Å². The van der Waals surface area contributed by atoms with Crippen LogP contribution < -0.4 is 19.9 Å². The van der Waals surface area contributed by atoms with Gasteiger partial charge >= 0.3 is 0 Å². The molecule has 3 N–H and O–H groups in total. The lowest BCUT2D eigenvalue weighted by molar-refractivity contribution is 0.221. The standard InChI is InChI=1S/C13H19FN2O4S/c1-19-11-4-3-9(10-7-8(14)5-6-16-10)12(20-2)13(11)21(15,17)18/h3-4,8,10,16H,5-7H2,1-2H3,(H2,15,17,18). The van der Waals surface area contributed by atoms with Gasteiger partial charge in [0.05, 0.1) is 14.2 Å². The number of nitrogens with one attached hydrogen (secondary N) is 1. The zero-order valence-corrected chi connectivity index (χ0v) is 12.7. The first-order chi connectivity index (χ1) is 9.88. The summed E-state index contributed by atoms with van der Waals surface area (Å²) < 4.78 is 47.5. The van der Waals surface area contributed by atoms with Crippen LogP contribution in [0.2, 0.25) is 0 Å². The molecule has 21 heavy (non-hydrogen) atoms. The molecule has 8 heteroatoms. The number of primary sulfonamides is 1.